The van der Waals surface area contributed by atoms with Gasteiger partial charge in [0.15, 0.2) is 5.11 Å². The van der Waals surface area contributed by atoms with E-state index in [9.17, 15) is 4.79 Å². The lowest BCUT2D eigenvalue weighted by molar-refractivity contribution is 0.0978. The van der Waals surface area contributed by atoms with Crippen molar-refractivity contribution in [1.29, 1.82) is 0 Å². The Balaban J connectivity index is 1.73. The van der Waals surface area contributed by atoms with Crippen LogP contribution in [0.1, 0.15) is 17.3 Å². The van der Waals surface area contributed by atoms with Crippen LogP contribution in [0.5, 0.6) is 0 Å². The van der Waals surface area contributed by atoms with Crippen molar-refractivity contribution in [2.45, 2.75) is 6.92 Å². The first-order valence-electron chi connectivity index (χ1n) is 9.22. The monoisotopic (exact) mass is 470 g/mol. The molecular formula is C20H21Cl3N4OS. The van der Waals surface area contributed by atoms with Gasteiger partial charge in [-0.3, -0.25) is 10.1 Å². The van der Waals surface area contributed by atoms with Gasteiger partial charge in [-0.1, -0.05) is 47.8 Å². The zero-order valence-corrected chi connectivity index (χ0v) is 18.9. The number of carbonyl (C=O) groups excluding carboxylic acids is 1. The van der Waals surface area contributed by atoms with Crippen molar-refractivity contribution >= 4 is 69.4 Å². The maximum Gasteiger partial charge on any atom is 0.258 e. The molecule has 9 heteroatoms. The van der Waals surface area contributed by atoms with E-state index in [0.29, 0.717) is 15.1 Å². The van der Waals surface area contributed by atoms with Gasteiger partial charge in [-0.25, -0.2) is 0 Å². The molecule has 0 aliphatic carbocycles. The number of anilines is 2. The summed E-state index contributed by atoms with van der Waals surface area (Å²) in [6.07, 6.45) is 0. The van der Waals surface area contributed by atoms with E-state index in [2.05, 4.69) is 27.4 Å². The summed E-state index contributed by atoms with van der Waals surface area (Å²) < 4.78 is 0. The van der Waals surface area contributed by atoms with Crippen molar-refractivity contribution in [3.8, 4) is 0 Å². The Kier molecular flexibility index (Phi) is 7.60. The Morgan fingerprint density at radius 2 is 1.79 bits per heavy atom. The third kappa shape index (κ3) is 5.53. The third-order valence-corrected chi connectivity index (χ3v) is 5.84. The van der Waals surface area contributed by atoms with Gasteiger partial charge in [0.05, 0.1) is 27.0 Å². The smallest absolute Gasteiger partial charge is 0.258 e. The molecule has 2 N–H and O–H groups in total. The van der Waals surface area contributed by atoms with Crippen molar-refractivity contribution < 1.29 is 4.79 Å². The SMILES string of the molecule is CCN1CCN(c2c(Cl)cccc2NC(=S)NC(=O)c2cc(Cl)ccc2Cl)CC1. The molecule has 2 aromatic rings. The fraction of sp³-hybridized carbons (Fsp3) is 0.300. The number of halogens is 3. The molecule has 1 fully saturated rings. The zero-order chi connectivity index (χ0) is 21.0. The normalized spacial score (nSPS) is 14.6. The van der Waals surface area contributed by atoms with Crippen LogP contribution in [-0.4, -0.2) is 48.6 Å². The predicted molar refractivity (Wildman–Crippen MR) is 126 cm³/mol. The molecule has 0 bridgehead atoms. The molecule has 154 valence electrons. The standard InChI is InChI=1S/C20H21Cl3N4OS/c1-2-26-8-10-27(11-9-26)18-16(23)4-3-5-17(18)24-20(29)25-19(28)14-12-13(21)6-7-15(14)22/h3-7,12H,2,8-11H2,1H3,(H2,24,25,28,29). The minimum Gasteiger partial charge on any atom is -0.366 e. The van der Waals surface area contributed by atoms with Crippen LogP contribution in [0, 0.1) is 0 Å². The van der Waals surface area contributed by atoms with Crippen molar-refractivity contribution in [1.82, 2.24) is 10.2 Å². The van der Waals surface area contributed by atoms with Crippen molar-refractivity contribution in [3.63, 3.8) is 0 Å². The maximum atomic E-state index is 12.5. The number of amides is 1. The van der Waals surface area contributed by atoms with Crippen molar-refractivity contribution in [2.24, 2.45) is 0 Å². The topological polar surface area (TPSA) is 47.6 Å². The summed E-state index contributed by atoms with van der Waals surface area (Å²) in [7, 11) is 0. The molecule has 0 aromatic heterocycles. The third-order valence-electron chi connectivity index (χ3n) is 4.77. The van der Waals surface area contributed by atoms with E-state index in [1.165, 1.54) is 6.07 Å². The zero-order valence-electron chi connectivity index (χ0n) is 15.8. The van der Waals surface area contributed by atoms with Gasteiger partial charge in [-0.2, -0.15) is 0 Å². The molecule has 0 unspecified atom stereocenters. The lowest BCUT2D eigenvalue weighted by atomic mass is 10.2. The first-order valence-corrected chi connectivity index (χ1v) is 10.8. The van der Waals surface area contributed by atoms with Crippen molar-refractivity contribution in [2.75, 3.05) is 42.9 Å². The number of nitrogens with zero attached hydrogens (tertiary/aromatic N) is 2. The van der Waals surface area contributed by atoms with Gasteiger partial charge in [0.1, 0.15) is 0 Å². The van der Waals surface area contributed by atoms with Gasteiger partial charge in [-0.05, 0) is 49.1 Å². The van der Waals surface area contributed by atoms with Gasteiger partial charge < -0.3 is 15.1 Å². The summed E-state index contributed by atoms with van der Waals surface area (Å²) in [5, 5.41) is 7.24. The average molecular weight is 472 g/mol. The quantitative estimate of drug-likeness (QED) is 0.620. The first kappa shape index (κ1) is 22.1. The summed E-state index contributed by atoms with van der Waals surface area (Å²) in [4.78, 5) is 17.1. The number of nitrogens with one attached hydrogen (secondary N) is 2. The van der Waals surface area contributed by atoms with E-state index < -0.39 is 5.91 Å². The summed E-state index contributed by atoms with van der Waals surface area (Å²) in [6, 6.07) is 10.3. The number of rotatable bonds is 4. The Labute approximate surface area is 190 Å². The largest absolute Gasteiger partial charge is 0.366 e. The number of benzene rings is 2. The van der Waals surface area contributed by atoms with Crippen LogP contribution in [0.25, 0.3) is 0 Å². The van der Waals surface area contributed by atoms with Crippen LogP contribution in [-0.2, 0) is 0 Å². The summed E-state index contributed by atoms with van der Waals surface area (Å²) in [6.45, 7) is 6.85. The molecule has 0 spiro atoms. The number of piperazine rings is 1. The van der Waals surface area contributed by atoms with Crippen LogP contribution in [0.4, 0.5) is 11.4 Å². The fourth-order valence-corrected chi connectivity index (χ4v) is 4.09. The minimum atomic E-state index is -0.435. The Morgan fingerprint density at radius 1 is 1.07 bits per heavy atom. The van der Waals surface area contributed by atoms with Crippen LogP contribution in [0.3, 0.4) is 0 Å². The van der Waals surface area contributed by atoms with Crippen LogP contribution in [0.15, 0.2) is 36.4 Å². The molecule has 0 atom stereocenters. The van der Waals surface area contributed by atoms with Gasteiger partial charge in [-0.15, -0.1) is 0 Å². The van der Waals surface area contributed by atoms with E-state index in [1.807, 2.05) is 18.2 Å². The van der Waals surface area contributed by atoms with Crippen LogP contribution in [0.2, 0.25) is 15.1 Å². The molecule has 1 saturated heterocycles. The molecule has 0 radical (unpaired) electrons. The summed E-state index contributed by atoms with van der Waals surface area (Å²) in [5.41, 5.74) is 1.87. The Morgan fingerprint density at radius 3 is 2.48 bits per heavy atom. The van der Waals surface area contributed by atoms with Gasteiger partial charge in [0.2, 0.25) is 0 Å². The number of hydrogen-bond donors (Lipinski definition) is 2. The first-order chi connectivity index (χ1) is 13.9. The molecule has 5 nitrogen and oxygen atoms in total. The number of carbonyl (C=O) groups is 1. The van der Waals surface area contributed by atoms with E-state index in [-0.39, 0.29) is 10.7 Å². The molecule has 0 saturated carbocycles. The highest BCUT2D eigenvalue weighted by Crippen LogP contribution is 2.34. The molecule has 1 aliphatic heterocycles. The second-order valence-electron chi connectivity index (χ2n) is 6.59. The van der Waals surface area contributed by atoms with E-state index in [4.69, 9.17) is 47.0 Å². The molecule has 1 heterocycles. The van der Waals surface area contributed by atoms with Crippen molar-refractivity contribution in [3.05, 3.63) is 57.0 Å². The number of hydrogen-bond acceptors (Lipinski definition) is 4. The highest BCUT2D eigenvalue weighted by atomic mass is 35.5. The Hall–Kier alpha value is -1.57. The maximum absolute atomic E-state index is 12.5. The Bertz CT molecular complexity index is 917. The second-order valence-corrected chi connectivity index (χ2v) is 8.25. The lowest BCUT2D eigenvalue weighted by Gasteiger charge is -2.37. The van der Waals surface area contributed by atoms with Crippen LogP contribution >= 0.6 is 47.0 Å². The fourth-order valence-electron chi connectivity index (χ4n) is 3.22. The second kappa shape index (κ2) is 9.96. The molecule has 1 amide bonds. The van der Waals surface area contributed by atoms with Crippen LogP contribution < -0.4 is 15.5 Å². The predicted octanol–water partition coefficient (Wildman–Crippen LogP) is 4.92. The van der Waals surface area contributed by atoms with E-state index >= 15 is 0 Å². The average Bonchev–Trinajstić information content (AvgIpc) is 2.70. The number of likely N-dealkylation sites (N-methyl/N-ethyl adjacent to an activating group) is 1. The highest BCUT2D eigenvalue weighted by Gasteiger charge is 2.21. The summed E-state index contributed by atoms with van der Waals surface area (Å²) in [5.74, 6) is -0.435. The highest BCUT2D eigenvalue weighted by molar-refractivity contribution is 7.80. The van der Waals surface area contributed by atoms with E-state index in [1.54, 1.807) is 12.1 Å². The van der Waals surface area contributed by atoms with Gasteiger partial charge >= 0.3 is 0 Å². The molecular weight excluding hydrogens is 451 g/mol. The number of thiocarbonyl (C=S) groups is 1. The molecule has 1 aliphatic rings. The summed E-state index contributed by atoms with van der Waals surface area (Å²) >= 11 is 23.9. The molecule has 3 rings (SSSR count). The molecule has 29 heavy (non-hydrogen) atoms. The van der Waals surface area contributed by atoms with Gasteiger partial charge in [0.25, 0.3) is 5.91 Å². The molecule has 2 aromatic carbocycles. The van der Waals surface area contributed by atoms with E-state index in [0.717, 1.165) is 44.1 Å². The lowest BCUT2D eigenvalue weighted by Crippen LogP contribution is -2.46. The van der Waals surface area contributed by atoms with Gasteiger partial charge in [0, 0.05) is 31.2 Å². The minimum absolute atomic E-state index is 0.154. The number of para-hydroxylation sites is 1.